The van der Waals surface area contributed by atoms with Crippen molar-refractivity contribution in [3.63, 3.8) is 0 Å². The van der Waals surface area contributed by atoms with E-state index in [1.165, 1.54) is 14.0 Å². The van der Waals surface area contributed by atoms with Gasteiger partial charge in [0.05, 0.1) is 18.2 Å². The van der Waals surface area contributed by atoms with Gasteiger partial charge in [0, 0.05) is 56.7 Å². The number of hydrogen-bond donors (Lipinski definition) is 0. The predicted molar refractivity (Wildman–Crippen MR) is 131 cm³/mol. The third-order valence-corrected chi connectivity index (χ3v) is 6.39. The number of piperazine rings is 1. The highest BCUT2D eigenvalue weighted by molar-refractivity contribution is 5.94. The van der Waals surface area contributed by atoms with Crippen molar-refractivity contribution in [1.29, 1.82) is 0 Å². The molecule has 0 amide bonds. The number of carbonyl (C=O) groups excluding carboxylic acids is 1. The molecule has 10 heteroatoms. The molecule has 0 saturated carbocycles. The van der Waals surface area contributed by atoms with Gasteiger partial charge in [0.25, 0.3) is 5.88 Å². The average Bonchev–Trinajstić information content (AvgIpc) is 3.22. The predicted octanol–water partition coefficient (Wildman–Crippen LogP) is 2.89. The summed E-state index contributed by atoms with van der Waals surface area (Å²) in [5.41, 5.74) is 2.15. The van der Waals surface area contributed by atoms with Crippen LogP contribution in [-0.2, 0) is 4.79 Å². The molecule has 0 N–H and O–H groups in total. The maximum absolute atomic E-state index is 13.2. The molecule has 10 nitrogen and oxygen atoms in total. The highest BCUT2D eigenvalue weighted by Crippen LogP contribution is 2.36. The van der Waals surface area contributed by atoms with Crippen molar-refractivity contribution in [1.82, 2.24) is 19.3 Å². The van der Waals surface area contributed by atoms with E-state index in [0.717, 1.165) is 31.0 Å². The summed E-state index contributed by atoms with van der Waals surface area (Å²) in [6, 6.07) is 6.00. The van der Waals surface area contributed by atoms with Crippen molar-refractivity contribution in [3.8, 4) is 22.9 Å². The minimum absolute atomic E-state index is 0.0667. The van der Waals surface area contributed by atoms with Gasteiger partial charge in [-0.2, -0.15) is 0 Å². The van der Waals surface area contributed by atoms with Crippen LogP contribution < -0.4 is 20.0 Å². The summed E-state index contributed by atoms with van der Waals surface area (Å²) in [6.07, 6.45) is 3.43. The first kappa shape index (κ1) is 22.9. The van der Waals surface area contributed by atoms with Crippen LogP contribution >= 0.6 is 0 Å². The molecule has 1 aliphatic heterocycles. The number of fused-ring (bicyclic) bond motifs is 2. The first-order valence-corrected chi connectivity index (χ1v) is 11.4. The smallest absolute Gasteiger partial charge is 0.349 e. The zero-order chi connectivity index (χ0) is 24.9. The number of carbonyl (C=O) groups is 1. The molecule has 1 saturated heterocycles. The Bertz CT molecular complexity index is 1510. The van der Waals surface area contributed by atoms with E-state index in [1.807, 2.05) is 25.1 Å². The van der Waals surface area contributed by atoms with E-state index in [4.69, 9.17) is 13.9 Å². The number of rotatable bonds is 4. The van der Waals surface area contributed by atoms with E-state index in [-0.39, 0.29) is 11.3 Å². The van der Waals surface area contributed by atoms with Crippen LogP contribution in [0.25, 0.3) is 27.9 Å². The van der Waals surface area contributed by atoms with E-state index < -0.39 is 11.6 Å². The molecule has 0 bridgehead atoms. The zero-order valence-electron chi connectivity index (χ0n) is 20.4. The Balaban J connectivity index is 1.67. The first-order valence-electron chi connectivity index (χ1n) is 11.4. The molecule has 0 radical (unpaired) electrons. The van der Waals surface area contributed by atoms with Gasteiger partial charge in [-0.1, -0.05) is 0 Å². The van der Waals surface area contributed by atoms with Crippen LogP contribution in [0.3, 0.4) is 0 Å². The number of aryl methyl sites for hydroxylation is 1. The molecule has 3 aromatic heterocycles. The number of imidazole rings is 1. The van der Waals surface area contributed by atoms with Gasteiger partial charge in [0.2, 0.25) is 5.65 Å². The molecule has 35 heavy (non-hydrogen) atoms. The molecule has 0 aliphatic carbocycles. The second-order valence-corrected chi connectivity index (χ2v) is 8.89. The Morgan fingerprint density at radius 1 is 1.20 bits per heavy atom. The van der Waals surface area contributed by atoms with Crippen LogP contribution in [-0.4, -0.2) is 65.1 Å². The Morgan fingerprint density at radius 3 is 2.71 bits per heavy atom. The Kier molecular flexibility index (Phi) is 5.68. The second-order valence-electron chi connectivity index (χ2n) is 8.89. The molecule has 4 aromatic rings. The average molecular weight is 478 g/mol. The minimum Gasteiger partial charge on any atom is -0.478 e. The quantitative estimate of drug-likeness (QED) is 0.324. The summed E-state index contributed by atoms with van der Waals surface area (Å²) in [5.74, 6) is -0.107. The molecule has 1 aliphatic rings. The lowest BCUT2D eigenvalue weighted by Gasteiger charge is -2.39. The number of methoxy groups -OCH3 is 1. The SMILES string of the molecule is COc1nc(C)cn2cc(-c3c(OC(C)=O)c4ccc(N5CCN(C)[C@H](C)C5)cc4oc3=O)nc12. The van der Waals surface area contributed by atoms with Crippen molar-refractivity contribution in [2.24, 2.45) is 0 Å². The zero-order valence-corrected chi connectivity index (χ0v) is 20.4. The van der Waals surface area contributed by atoms with Gasteiger partial charge in [-0.15, -0.1) is 0 Å². The fraction of sp³-hybridized carbons (Fsp3) is 0.360. The number of hydrogen-bond acceptors (Lipinski definition) is 9. The van der Waals surface area contributed by atoms with Gasteiger partial charge in [0.1, 0.15) is 16.8 Å². The van der Waals surface area contributed by atoms with Crippen LogP contribution in [0.1, 0.15) is 19.5 Å². The van der Waals surface area contributed by atoms with Crippen molar-refractivity contribution in [2.45, 2.75) is 26.8 Å². The highest BCUT2D eigenvalue weighted by atomic mass is 16.5. The van der Waals surface area contributed by atoms with Gasteiger partial charge < -0.3 is 28.1 Å². The fourth-order valence-corrected chi connectivity index (χ4v) is 4.46. The molecule has 0 unspecified atom stereocenters. The van der Waals surface area contributed by atoms with Gasteiger partial charge in [0.15, 0.2) is 5.75 Å². The Labute approximate surface area is 201 Å². The normalized spacial score (nSPS) is 16.7. The minimum atomic E-state index is -0.648. The number of benzene rings is 1. The van der Waals surface area contributed by atoms with Crippen LogP contribution in [0, 0.1) is 6.92 Å². The molecule has 0 spiro atoms. The summed E-state index contributed by atoms with van der Waals surface area (Å²) in [7, 11) is 3.62. The Hall–Kier alpha value is -3.92. The van der Waals surface area contributed by atoms with Gasteiger partial charge in [-0.05, 0) is 33.0 Å². The number of anilines is 1. The van der Waals surface area contributed by atoms with E-state index >= 15 is 0 Å². The Morgan fingerprint density at radius 2 is 2.00 bits per heavy atom. The third kappa shape index (κ3) is 4.10. The molecule has 1 fully saturated rings. The summed E-state index contributed by atoms with van der Waals surface area (Å²) < 4.78 is 18.4. The summed E-state index contributed by atoms with van der Waals surface area (Å²) in [5, 5.41) is 0.513. The van der Waals surface area contributed by atoms with Gasteiger partial charge in [-0.3, -0.25) is 4.79 Å². The maximum Gasteiger partial charge on any atom is 0.349 e. The van der Waals surface area contributed by atoms with Crippen LogP contribution in [0.5, 0.6) is 11.6 Å². The van der Waals surface area contributed by atoms with Gasteiger partial charge >= 0.3 is 11.6 Å². The highest BCUT2D eigenvalue weighted by Gasteiger charge is 2.25. The molecular weight excluding hydrogens is 450 g/mol. The second kappa shape index (κ2) is 8.70. The van der Waals surface area contributed by atoms with Crippen LogP contribution in [0.2, 0.25) is 0 Å². The maximum atomic E-state index is 13.2. The van der Waals surface area contributed by atoms with E-state index in [1.54, 1.807) is 16.8 Å². The molecular formula is C25H27N5O5. The van der Waals surface area contributed by atoms with E-state index in [9.17, 15) is 9.59 Å². The number of aromatic nitrogens is 3. The number of ether oxygens (including phenoxy) is 2. The largest absolute Gasteiger partial charge is 0.478 e. The van der Waals surface area contributed by atoms with Crippen molar-refractivity contribution in [2.75, 3.05) is 38.7 Å². The van der Waals surface area contributed by atoms with E-state index in [2.05, 4.69) is 33.7 Å². The van der Waals surface area contributed by atoms with Crippen molar-refractivity contribution in [3.05, 3.63) is 46.7 Å². The lowest BCUT2D eigenvalue weighted by atomic mass is 10.1. The lowest BCUT2D eigenvalue weighted by molar-refractivity contribution is -0.131. The topological polar surface area (TPSA) is 102 Å². The summed E-state index contributed by atoms with van der Waals surface area (Å²) in [4.78, 5) is 38.7. The molecule has 5 rings (SSSR count). The van der Waals surface area contributed by atoms with Gasteiger partial charge in [-0.25, -0.2) is 14.8 Å². The third-order valence-electron chi connectivity index (χ3n) is 6.39. The van der Waals surface area contributed by atoms with Crippen molar-refractivity contribution < 1.29 is 18.7 Å². The summed E-state index contributed by atoms with van der Waals surface area (Å²) >= 11 is 0. The monoisotopic (exact) mass is 477 g/mol. The van der Waals surface area contributed by atoms with Crippen LogP contribution in [0.4, 0.5) is 5.69 Å². The number of esters is 1. The van der Waals surface area contributed by atoms with Crippen LogP contribution in [0.15, 0.2) is 39.8 Å². The number of nitrogens with zero attached hydrogens (tertiary/aromatic N) is 5. The molecule has 1 aromatic carbocycles. The van der Waals surface area contributed by atoms with Crippen molar-refractivity contribution >= 4 is 28.3 Å². The molecule has 4 heterocycles. The first-order chi connectivity index (χ1) is 16.7. The fourth-order valence-electron chi connectivity index (χ4n) is 4.46. The van der Waals surface area contributed by atoms with E-state index in [0.29, 0.717) is 34.2 Å². The lowest BCUT2D eigenvalue weighted by Crippen LogP contribution is -2.50. The molecule has 182 valence electrons. The number of likely N-dealkylation sites (N-methyl/N-ethyl adjacent to an activating group) is 1. The molecule has 1 atom stereocenters. The summed E-state index contributed by atoms with van der Waals surface area (Å²) in [6.45, 7) is 7.96. The standard InChI is InChI=1S/C25H27N5O5/c1-14-11-30-13-19(27-23(30)24(26-14)33-5)21-22(34-16(3)31)18-7-6-17(10-20(18)35-25(21)32)29-9-8-28(4)15(2)12-29/h6-7,10-11,13,15H,8-9,12H2,1-5H3/t15-/m1/s1.